The zero-order chi connectivity index (χ0) is 18.1. The van der Waals surface area contributed by atoms with Crippen molar-refractivity contribution in [1.29, 1.82) is 0 Å². The molecule has 0 radical (unpaired) electrons. The van der Waals surface area contributed by atoms with Crippen molar-refractivity contribution in [3.63, 3.8) is 0 Å². The second-order valence-corrected chi connectivity index (χ2v) is 6.07. The van der Waals surface area contributed by atoms with Crippen LogP contribution in [0.3, 0.4) is 0 Å². The van der Waals surface area contributed by atoms with Crippen molar-refractivity contribution in [3.8, 4) is 5.75 Å². The summed E-state index contributed by atoms with van der Waals surface area (Å²) in [5.41, 5.74) is 3.42. The van der Waals surface area contributed by atoms with Crippen LogP contribution < -0.4 is 10.1 Å². The summed E-state index contributed by atoms with van der Waals surface area (Å²) in [6, 6.07) is 12.2. The van der Waals surface area contributed by atoms with E-state index in [0.29, 0.717) is 6.61 Å². The number of nitrogens with zero attached hydrogens (tertiary/aromatic N) is 3. The number of para-hydroxylation sites is 1. The summed E-state index contributed by atoms with van der Waals surface area (Å²) in [6.07, 6.45) is 2.85. The first-order valence-electron chi connectivity index (χ1n) is 8.62. The first-order valence-corrected chi connectivity index (χ1v) is 8.62. The molecule has 1 heterocycles. The van der Waals surface area contributed by atoms with Gasteiger partial charge in [-0.2, -0.15) is 0 Å². The van der Waals surface area contributed by atoms with Gasteiger partial charge in [0.05, 0.1) is 6.54 Å². The second kappa shape index (κ2) is 11.7. The van der Waals surface area contributed by atoms with Gasteiger partial charge in [0.25, 0.3) is 0 Å². The maximum Gasteiger partial charge on any atom is 0.193 e. The van der Waals surface area contributed by atoms with Crippen LogP contribution in [0, 0.1) is 13.8 Å². The molecular weight excluding hydrogens is 439 g/mol. The van der Waals surface area contributed by atoms with Crippen molar-refractivity contribution in [1.82, 2.24) is 15.2 Å². The highest BCUT2D eigenvalue weighted by Gasteiger charge is 2.06. The van der Waals surface area contributed by atoms with E-state index >= 15 is 0 Å². The number of aromatic nitrogens is 1. The van der Waals surface area contributed by atoms with Gasteiger partial charge in [0.2, 0.25) is 0 Å². The molecule has 1 N–H and O–H groups in total. The highest BCUT2D eigenvalue weighted by Crippen LogP contribution is 2.15. The van der Waals surface area contributed by atoms with E-state index < -0.39 is 0 Å². The van der Waals surface area contributed by atoms with E-state index in [-0.39, 0.29) is 24.0 Å². The van der Waals surface area contributed by atoms with Gasteiger partial charge in [0.15, 0.2) is 5.96 Å². The maximum absolute atomic E-state index is 5.85. The minimum absolute atomic E-state index is 0. The number of guanidine groups is 1. The monoisotopic (exact) mass is 468 g/mol. The number of nitrogens with one attached hydrogen (secondary N) is 1. The lowest BCUT2D eigenvalue weighted by atomic mass is 10.2. The quantitative estimate of drug-likeness (QED) is 0.384. The fourth-order valence-electron chi connectivity index (χ4n) is 2.47. The average molecular weight is 468 g/mol. The molecule has 0 fully saturated rings. The third kappa shape index (κ3) is 7.19. The van der Waals surface area contributed by atoms with Crippen molar-refractivity contribution in [2.24, 2.45) is 4.99 Å². The zero-order valence-corrected chi connectivity index (χ0v) is 18.4. The van der Waals surface area contributed by atoms with E-state index in [1.54, 1.807) is 7.05 Å². The summed E-state index contributed by atoms with van der Waals surface area (Å²) in [7, 11) is 3.82. The van der Waals surface area contributed by atoms with Crippen molar-refractivity contribution >= 4 is 29.9 Å². The molecule has 26 heavy (non-hydrogen) atoms. The number of aryl methyl sites for hydroxylation is 2. The number of rotatable bonds is 7. The van der Waals surface area contributed by atoms with Crippen LogP contribution >= 0.6 is 24.0 Å². The van der Waals surface area contributed by atoms with Crippen LogP contribution in [0.4, 0.5) is 0 Å². The van der Waals surface area contributed by atoms with Gasteiger partial charge in [-0.1, -0.05) is 24.3 Å². The fraction of sp³-hybridized carbons (Fsp3) is 0.400. The number of aliphatic imine (C=N–C) groups is 1. The predicted octanol–water partition coefficient (Wildman–Crippen LogP) is 3.45. The highest BCUT2D eigenvalue weighted by atomic mass is 127. The van der Waals surface area contributed by atoms with Crippen LogP contribution in [0.25, 0.3) is 0 Å². The number of benzene rings is 1. The summed E-state index contributed by atoms with van der Waals surface area (Å²) in [5.74, 6) is 1.80. The van der Waals surface area contributed by atoms with Gasteiger partial charge >= 0.3 is 0 Å². The van der Waals surface area contributed by atoms with Gasteiger partial charge in [-0.3, -0.25) is 9.98 Å². The van der Waals surface area contributed by atoms with E-state index in [1.165, 1.54) is 5.56 Å². The summed E-state index contributed by atoms with van der Waals surface area (Å²) in [5, 5.41) is 3.38. The Morgan fingerprint density at radius 2 is 1.96 bits per heavy atom. The minimum atomic E-state index is 0. The molecule has 0 saturated carbocycles. The molecule has 1 aromatic carbocycles. The Labute approximate surface area is 173 Å². The van der Waals surface area contributed by atoms with Gasteiger partial charge in [0.1, 0.15) is 12.4 Å². The fourth-order valence-corrected chi connectivity index (χ4v) is 2.47. The van der Waals surface area contributed by atoms with Crippen LogP contribution in [-0.2, 0) is 6.42 Å². The van der Waals surface area contributed by atoms with Crippen molar-refractivity contribution < 1.29 is 4.74 Å². The minimum Gasteiger partial charge on any atom is -0.491 e. The lowest BCUT2D eigenvalue weighted by Gasteiger charge is -2.22. The molecule has 0 aliphatic carbocycles. The number of hydrogen-bond donors (Lipinski definition) is 1. The maximum atomic E-state index is 5.85. The van der Waals surface area contributed by atoms with E-state index in [1.807, 2.05) is 44.4 Å². The van der Waals surface area contributed by atoms with Gasteiger partial charge in [-0.05, 0) is 43.5 Å². The molecule has 2 rings (SSSR count). The van der Waals surface area contributed by atoms with Crippen LogP contribution in [0.2, 0.25) is 0 Å². The Hall–Kier alpha value is -1.83. The molecule has 2 aromatic rings. The van der Waals surface area contributed by atoms with Crippen molar-refractivity contribution in [2.45, 2.75) is 20.3 Å². The average Bonchev–Trinajstić information content (AvgIpc) is 2.62. The molecule has 0 amide bonds. The first-order chi connectivity index (χ1) is 12.1. The third-order valence-corrected chi connectivity index (χ3v) is 4.02. The molecule has 6 heteroatoms. The van der Waals surface area contributed by atoms with Crippen LogP contribution in [0.15, 0.2) is 47.6 Å². The van der Waals surface area contributed by atoms with Crippen LogP contribution in [0.1, 0.15) is 16.8 Å². The standard InChI is InChI=1S/C20H28N4O.HI/c1-16-7-5-6-8-19(16)25-14-13-24(4)20(21-3)22-12-11-18-10-9-17(2)23-15-18;/h5-10,15H,11-14H2,1-4H3,(H,21,22);1H. The third-order valence-electron chi connectivity index (χ3n) is 4.02. The number of hydrogen-bond acceptors (Lipinski definition) is 3. The molecule has 142 valence electrons. The van der Waals surface area contributed by atoms with E-state index in [2.05, 4.69) is 39.2 Å². The Morgan fingerprint density at radius 1 is 1.19 bits per heavy atom. The number of ether oxygens (including phenoxy) is 1. The van der Waals surface area contributed by atoms with Gasteiger partial charge in [0, 0.05) is 32.5 Å². The summed E-state index contributed by atoms with van der Waals surface area (Å²) in [6.45, 7) is 6.25. The molecule has 0 bridgehead atoms. The Morgan fingerprint density at radius 3 is 2.62 bits per heavy atom. The summed E-state index contributed by atoms with van der Waals surface area (Å²) < 4.78 is 5.85. The largest absolute Gasteiger partial charge is 0.491 e. The normalized spacial score (nSPS) is 10.8. The molecule has 0 spiro atoms. The number of likely N-dealkylation sites (N-methyl/N-ethyl adjacent to an activating group) is 1. The lowest BCUT2D eigenvalue weighted by molar-refractivity contribution is 0.280. The number of pyridine rings is 1. The summed E-state index contributed by atoms with van der Waals surface area (Å²) >= 11 is 0. The molecule has 0 aliphatic heterocycles. The molecule has 0 saturated heterocycles. The van der Waals surface area contributed by atoms with Crippen LogP contribution in [0.5, 0.6) is 5.75 Å². The SMILES string of the molecule is CN=C(NCCc1ccc(C)nc1)N(C)CCOc1ccccc1C.I. The van der Waals surface area contributed by atoms with Crippen molar-refractivity contribution in [3.05, 3.63) is 59.4 Å². The zero-order valence-electron chi connectivity index (χ0n) is 16.0. The Bertz CT molecular complexity index is 688. The highest BCUT2D eigenvalue weighted by molar-refractivity contribution is 14.0. The smallest absolute Gasteiger partial charge is 0.193 e. The van der Waals surface area contributed by atoms with E-state index in [9.17, 15) is 0 Å². The van der Waals surface area contributed by atoms with Gasteiger partial charge in [-0.15, -0.1) is 24.0 Å². The molecule has 5 nitrogen and oxygen atoms in total. The molecule has 1 aromatic heterocycles. The van der Waals surface area contributed by atoms with E-state index in [4.69, 9.17) is 4.74 Å². The predicted molar refractivity (Wildman–Crippen MR) is 119 cm³/mol. The molecule has 0 unspecified atom stereocenters. The Kier molecular flexibility index (Phi) is 10.0. The molecular formula is C20H29IN4O. The number of halogens is 1. The van der Waals surface area contributed by atoms with Gasteiger partial charge < -0.3 is 15.0 Å². The lowest BCUT2D eigenvalue weighted by Crippen LogP contribution is -2.41. The topological polar surface area (TPSA) is 49.8 Å². The second-order valence-electron chi connectivity index (χ2n) is 6.07. The van der Waals surface area contributed by atoms with Gasteiger partial charge in [-0.25, -0.2) is 0 Å². The van der Waals surface area contributed by atoms with Crippen molar-refractivity contribution in [2.75, 3.05) is 33.8 Å². The Balaban J connectivity index is 0.00000338. The molecule has 0 aliphatic rings. The van der Waals surface area contributed by atoms with E-state index in [0.717, 1.165) is 42.5 Å². The first kappa shape index (κ1) is 22.2. The van der Waals surface area contributed by atoms with Crippen LogP contribution in [-0.4, -0.2) is 49.6 Å². The summed E-state index contributed by atoms with van der Waals surface area (Å²) in [4.78, 5) is 10.7. The molecule has 0 atom stereocenters.